The number of hydrogen-bond donors (Lipinski definition) is 0. The summed E-state index contributed by atoms with van der Waals surface area (Å²) in [6, 6.07) is 0. The monoisotopic (exact) mass is 151 g/mol. The Kier molecular flexibility index (Phi) is 5.84. The zero-order chi connectivity index (χ0) is 4.83. The normalized spacial score (nSPS) is 9.00. The molecule has 0 heterocycles. The predicted molar refractivity (Wildman–Crippen MR) is 29.7 cm³/mol. The van der Waals surface area contributed by atoms with E-state index in [1.54, 1.807) is 0 Å². The largest absolute Gasteiger partial charge is 0.379 e. The Labute approximate surface area is 46.8 Å². The highest BCUT2D eigenvalue weighted by Crippen LogP contribution is 1.85. The molecule has 0 atom stereocenters. The molecule has 0 amide bonds. The molecule has 0 bridgehead atoms. The summed E-state index contributed by atoms with van der Waals surface area (Å²) in [5, 5.41) is 1.00. The lowest BCUT2D eigenvalue weighted by molar-refractivity contribution is 0.244. The van der Waals surface area contributed by atoms with Gasteiger partial charge in [0, 0.05) is 11.9 Å². The molecule has 0 fully saturated rings. The van der Waals surface area contributed by atoms with Crippen molar-refractivity contribution in [3.63, 3.8) is 0 Å². The third kappa shape index (κ3) is 4.44. The minimum absolute atomic E-state index is 0.755. The number of alkyl halides is 1. The standard InChI is InChI=1S/C4H8BrO/c1-6-4-2-3-5/h1-4H2. The first-order chi connectivity index (χ1) is 2.91. The summed E-state index contributed by atoms with van der Waals surface area (Å²) in [5.41, 5.74) is 0. The topological polar surface area (TPSA) is 9.23 Å². The van der Waals surface area contributed by atoms with E-state index in [1.807, 2.05) is 0 Å². The molecule has 0 rings (SSSR count). The van der Waals surface area contributed by atoms with Gasteiger partial charge in [-0.2, -0.15) is 0 Å². The van der Waals surface area contributed by atoms with E-state index >= 15 is 0 Å². The van der Waals surface area contributed by atoms with Gasteiger partial charge in [0.25, 0.3) is 0 Å². The Morgan fingerprint density at radius 3 is 2.50 bits per heavy atom. The fraction of sp³-hybridized carbons (Fsp3) is 0.750. The van der Waals surface area contributed by atoms with Crippen molar-refractivity contribution < 1.29 is 4.74 Å². The van der Waals surface area contributed by atoms with E-state index in [0.717, 1.165) is 18.4 Å². The number of hydrogen-bond acceptors (Lipinski definition) is 1. The van der Waals surface area contributed by atoms with E-state index in [4.69, 9.17) is 0 Å². The zero-order valence-corrected chi connectivity index (χ0v) is 5.20. The predicted octanol–water partition coefficient (Wildman–Crippen LogP) is 1.58. The fourth-order valence-corrected chi connectivity index (χ4v) is 0.386. The van der Waals surface area contributed by atoms with Gasteiger partial charge in [-0.15, -0.1) is 0 Å². The van der Waals surface area contributed by atoms with Gasteiger partial charge in [-0.05, 0) is 6.42 Å². The molecule has 0 aromatic heterocycles. The summed E-state index contributed by atoms with van der Waals surface area (Å²) in [6.45, 7) is 0.755. The SMILES string of the molecule is [CH2]OCCCBr. The molecule has 0 N–H and O–H groups in total. The van der Waals surface area contributed by atoms with Crippen molar-refractivity contribution in [1.82, 2.24) is 0 Å². The average molecular weight is 152 g/mol. The Morgan fingerprint density at radius 1 is 1.67 bits per heavy atom. The Balaban J connectivity index is 2.34. The van der Waals surface area contributed by atoms with Gasteiger partial charge < -0.3 is 4.74 Å². The van der Waals surface area contributed by atoms with E-state index in [-0.39, 0.29) is 0 Å². The first kappa shape index (κ1) is 6.44. The van der Waals surface area contributed by atoms with Gasteiger partial charge in [-0.1, -0.05) is 15.9 Å². The zero-order valence-electron chi connectivity index (χ0n) is 3.61. The second-order valence-corrected chi connectivity index (χ2v) is 1.74. The van der Waals surface area contributed by atoms with Crippen LogP contribution in [0.25, 0.3) is 0 Å². The third-order valence-corrected chi connectivity index (χ3v) is 0.983. The van der Waals surface area contributed by atoms with E-state index < -0.39 is 0 Å². The average Bonchev–Trinajstić information content (AvgIpc) is 1.61. The minimum Gasteiger partial charge on any atom is -0.379 e. The van der Waals surface area contributed by atoms with E-state index in [0.29, 0.717) is 0 Å². The molecule has 0 saturated heterocycles. The van der Waals surface area contributed by atoms with Crippen LogP contribution in [0.5, 0.6) is 0 Å². The molecule has 0 spiro atoms. The van der Waals surface area contributed by atoms with Crippen molar-refractivity contribution >= 4 is 15.9 Å². The Hall–Kier alpha value is 0.440. The van der Waals surface area contributed by atoms with Crippen LogP contribution in [-0.2, 0) is 4.74 Å². The molecule has 1 nitrogen and oxygen atoms in total. The molecule has 6 heavy (non-hydrogen) atoms. The molecule has 0 aliphatic carbocycles. The lowest BCUT2D eigenvalue weighted by Gasteiger charge is -1.88. The molecule has 0 saturated carbocycles. The maximum absolute atomic E-state index is 4.50. The molecule has 2 heteroatoms. The summed E-state index contributed by atoms with van der Waals surface area (Å²) in [7, 11) is 3.20. The quantitative estimate of drug-likeness (QED) is 0.440. The molecule has 0 aliphatic rings. The van der Waals surface area contributed by atoms with Crippen molar-refractivity contribution in [3.05, 3.63) is 7.11 Å². The van der Waals surface area contributed by atoms with E-state index in [9.17, 15) is 0 Å². The van der Waals surface area contributed by atoms with Crippen LogP contribution in [0.4, 0.5) is 0 Å². The number of ether oxygens (including phenoxy) is 1. The molecule has 37 valence electrons. The first-order valence-electron chi connectivity index (χ1n) is 1.84. The van der Waals surface area contributed by atoms with Crippen LogP contribution in [0.15, 0.2) is 0 Å². The molecular formula is C4H8BrO. The van der Waals surface area contributed by atoms with Gasteiger partial charge in [0.05, 0.1) is 7.11 Å². The highest BCUT2D eigenvalue weighted by Gasteiger charge is 1.76. The van der Waals surface area contributed by atoms with Crippen LogP contribution in [0.1, 0.15) is 6.42 Å². The van der Waals surface area contributed by atoms with Gasteiger partial charge in [0.15, 0.2) is 0 Å². The van der Waals surface area contributed by atoms with Gasteiger partial charge in [-0.25, -0.2) is 0 Å². The fourth-order valence-electron chi connectivity index (χ4n) is 0.157. The van der Waals surface area contributed by atoms with Gasteiger partial charge in [-0.3, -0.25) is 0 Å². The highest BCUT2D eigenvalue weighted by molar-refractivity contribution is 9.09. The van der Waals surface area contributed by atoms with Gasteiger partial charge >= 0.3 is 0 Å². The minimum atomic E-state index is 0.755. The molecule has 0 aromatic carbocycles. The van der Waals surface area contributed by atoms with Crippen molar-refractivity contribution in [2.24, 2.45) is 0 Å². The van der Waals surface area contributed by atoms with Crippen molar-refractivity contribution in [2.45, 2.75) is 6.42 Å². The van der Waals surface area contributed by atoms with E-state index in [1.165, 1.54) is 0 Å². The van der Waals surface area contributed by atoms with Gasteiger partial charge in [0.1, 0.15) is 0 Å². The van der Waals surface area contributed by atoms with Crippen LogP contribution in [-0.4, -0.2) is 11.9 Å². The smallest absolute Gasteiger partial charge is 0.0700 e. The van der Waals surface area contributed by atoms with Crippen LogP contribution in [0, 0.1) is 7.11 Å². The maximum Gasteiger partial charge on any atom is 0.0700 e. The second-order valence-electron chi connectivity index (χ2n) is 0.951. The molecular weight excluding hydrogens is 144 g/mol. The third-order valence-electron chi connectivity index (χ3n) is 0.422. The van der Waals surface area contributed by atoms with Crippen molar-refractivity contribution in [1.29, 1.82) is 0 Å². The molecule has 0 unspecified atom stereocenters. The lowest BCUT2D eigenvalue weighted by atomic mass is 10.5. The van der Waals surface area contributed by atoms with Crippen LogP contribution in [0.2, 0.25) is 0 Å². The summed E-state index contributed by atoms with van der Waals surface area (Å²) >= 11 is 3.24. The van der Waals surface area contributed by atoms with Crippen molar-refractivity contribution in [3.8, 4) is 0 Å². The highest BCUT2D eigenvalue weighted by atomic mass is 79.9. The summed E-state index contributed by atoms with van der Waals surface area (Å²) in [4.78, 5) is 0. The summed E-state index contributed by atoms with van der Waals surface area (Å²) in [5.74, 6) is 0. The molecule has 1 radical (unpaired) electrons. The Morgan fingerprint density at radius 2 is 2.33 bits per heavy atom. The number of halogens is 1. The van der Waals surface area contributed by atoms with Crippen molar-refractivity contribution in [2.75, 3.05) is 11.9 Å². The first-order valence-corrected chi connectivity index (χ1v) is 2.97. The molecule has 0 aromatic rings. The van der Waals surface area contributed by atoms with Crippen LogP contribution in [0.3, 0.4) is 0 Å². The van der Waals surface area contributed by atoms with Crippen LogP contribution >= 0.6 is 15.9 Å². The van der Waals surface area contributed by atoms with Gasteiger partial charge in [0.2, 0.25) is 0 Å². The number of rotatable bonds is 3. The molecule has 0 aliphatic heterocycles. The summed E-state index contributed by atoms with van der Waals surface area (Å²) < 4.78 is 4.50. The lowest BCUT2D eigenvalue weighted by Crippen LogP contribution is -1.84. The Bertz CT molecular complexity index is 19.5. The van der Waals surface area contributed by atoms with Crippen LogP contribution < -0.4 is 0 Å². The summed E-state index contributed by atoms with van der Waals surface area (Å²) in [6.07, 6.45) is 1.05. The van der Waals surface area contributed by atoms with E-state index in [2.05, 4.69) is 27.8 Å². The second kappa shape index (κ2) is 5.44. The maximum atomic E-state index is 4.50.